The highest BCUT2D eigenvalue weighted by Crippen LogP contribution is 2.29. The zero-order chi connectivity index (χ0) is 15.4. The molecule has 0 aliphatic rings. The molecule has 0 bridgehead atoms. The molecule has 21 heavy (non-hydrogen) atoms. The molecule has 0 spiro atoms. The number of primary amides is 1. The first-order valence-electron chi connectivity index (χ1n) is 6.33. The number of anilines is 2. The minimum Gasteiger partial charge on any atom is -0.462 e. The minimum atomic E-state index is -0.509. The number of amides is 1. The number of nitrogens with zero attached hydrogens (tertiary/aromatic N) is 1. The monoisotopic (exact) mass is 305 g/mol. The molecule has 110 valence electrons. The van der Waals surface area contributed by atoms with Crippen molar-refractivity contribution in [2.75, 3.05) is 11.9 Å². The van der Waals surface area contributed by atoms with Gasteiger partial charge in [-0.3, -0.25) is 4.79 Å². The van der Waals surface area contributed by atoms with Gasteiger partial charge in [0.2, 0.25) is 5.91 Å². The van der Waals surface area contributed by atoms with Gasteiger partial charge >= 0.3 is 5.97 Å². The van der Waals surface area contributed by atoms with E-state index in [0.29, 0.717) is 34.1 Å². The van der Waals surface area contributed by atoms with E-state index < -0.39 is 11.9 Å². The van der Waals surface area contributed by atoms with Crippen LogP contribution in [0.1, 0.15) is 33.3 Å². The molecule has 0 unspecified atom stereocenters. The molecule has 0 saturated heterocycles. The lowest BCUT2D eigenvalue weighted by Crippen LogP contribution is -2.11. The summed E-state index contributed by atoms with van der Waals surface area (Å²) in [6, 6.07) is 6.72. The smallest absolute Gasteiger partial charge is 0.343 e. The van der Waals surface area contributed by atoms with Crippen LogP contribution < -0.4 is 11.1 Å². The maximum Gasteiger partial charge on any atom is 0.343 e. The summed E-state index contributed by atoms with van der Waals surface area (Å²) < 4.78 is 9.18. The summed E-state index contributed by atoms with van der Waals surface area (Å²) >= 11 is 1.16. The fourth-order valence-electron chi connectivity index (χ4n) is 1.78. The maximum atomic E-state index is 11.9. The van der Waals surface area contributed by atoms with Gasteiger partial charge in [-0.1, -0.05) is 6.07 Å². The number of nitrogens with two attached hydrogens (primary N) is 1. The van der Waals surface area contributed by atoms with E-state index in [-0.39, 0.29) is 0 Å². The van der Waals surface area contributed by atoms with Crippen molar-refractivity contribution in [2.45, 2.75) is 13.8 Å². The second-order valence-electron chi connectivity index (χ2n) is 4.26. The molecule has 1 heterocycles. The number of hydrogen-bond donors (Lipinski definition) is 2. The first-order chi connectivity index (χ1) is 10.0. The molecule has 7 heteroatoms. The van der Waals surface area contributed by atoms with E-state index in [1.165, 1.54) is 0 Å². The predicted molar refractivity (Wildman–Crippen MR) is 81.1 cm³/mol. The highest BCUT2D eigenvalue weighted by atomic mass is 32.1. The number of aromatic nitrogens is 1. The lowest BCUT2D eigenvalue weighted by atomic mass is 10.2. The molecule has 1 aromatic heterocycles. The summed E-state index contributed by atoms with van der Waals surface area (Å²) in [5.74, 6) is -0.929. The Kier molecular flexibility index (Phi) is 4.54. The fourth-order valence-corrected chi connectivity index (χ4v) is 2.59. The zero-order valence-corrected chi connectivity index (χ0v) is 12.5. The number of benzene rings is 1. The molecule has 0 atom stereocenters. The van der Waals surface area contributed by atoms with Gasteiger partial charge < -0.3 is 15.8 Å². The first-order valence-corrected chi connectivity index (χ1v) is 7.10. The van der Waals surface area contributed by atoms with Crippen LogP contribution >= 0.6 is 11.5 Å². The number of carbonyl (C=O) groups excluding carboxylic acids is 2. The van der Waals surface area contributed by atoms with Crippen LogP contribution in [0, 0.1) is 6.92 Å². The molecular weight excluding hydrogens is 290 g/mol. The van der Waals surface area contributed by atoms with Crippen LogP contribution in [0.15, 0.2) is 24.3 Å². The van der Waals surface area contributed by atoms with Gasteiger partial charge in [0.25, 0.3) is 0 Å². The van der Waals surface area contributed by atoms with Gasteiger partial charge in [0.15, 0.2) is 0 Å². The van der Waals surface area contributed by atoms with Crippen molar-refractivity contribution in [1.29, 1.82) is 0 Å². The second kappa shape index (κ2) is 6.36. The number of aryl methyl sites for hydroxylation is 1. The molecule has 0 aliphatic carbocycles. The van der Waals surface area contributed by atoms with Crippen molar-refractivity contribution in [3.05, 3.63) is 41.1 Å². The minimum absolute atomic E-state index is 0.296. The molecule has 0 radical (unpaired) electrons. The summed E-state index contributed by atoms with van der Waals surface area (Å²) in [5, 5.41) is 3.65. The summed E-state index contributed by atoms with van der Waals surface area (Å²) in [6.07, 6.45) is 0. The lowest BCUT2D eigenvalue weighted by Gasteiger charge is -2.07. The summed E-state index contributed by atoms with van der Waals surface area (Å²) in [6.45, 7) is 3.79. The van der Waals surface area contributed by atoms with E-state index in [2.05, 4.69) is 9.69 Å². The van der Waals surface area contributed by atoms with Crippen LogP contribution in [-0.4, -0.2) is 22.9 Å². The third kappa shape index (κ3) is 3.38. The van der Waals surface area contributed by atoms with E-state index in [9.17, 15) is 9.59 Å². The maximum absolute atomic E-state index is 11.9. The van der Waals surface area contributed by atoms with Gasteiger partial charge in [-0.15, -0.1) is 0 Å². The number of hydrogen-bond acceptors (Lipinski definition) is 6. The molecule has 6 nitrogen and oxygen atoms in total. The molecule has 1 aromatic carbocycles. The average molecular weight is 305 g/mol. The zero-order valence-electron chi connectivity index (χ0n) is 11.7. The molecule has 0 saturated carbocycles. The van der Waals surface area contributed by atoms with Crippen LogP contribution in [0.4, 0.5) is 10.7 Å². The molecule has 0 fully saturated rings. The number of rotatable bonds is 5. The van der Waals surface area contributed by atoms with Crippen LogP contribution in [0.25, 0.3) is 0 Å². The average Bonchev–Trinajstić information content (AvgIpc) is 2.80. The molecule has 1 amide bonds. The summed E-state index contributed by atoms with van der Waals surface area (Å²) in [5.41, 5.74) is 7.30. The molecule has 2 rings (SSSR count). The van der Waals surface area contributed by atoms with E-state index in [4.69, 9.17) is 10.5 Å². The Balaban J connectivity index is 2.30. The number of carbonyl (C=O) groups is 2. The second-order valence-corrected chi connectivity index (χ2v) is 5.04. The Hall–Kier alpha value is -2.41. The van der Waals surface area contributed by atoms with Crippen molar-refractivity contribution in [2.24, 2.45) is 5.73 Å². The van der Waals surface area contributed by atoms with Gasteiger partial charge in [-0.2, -0.15) is 4.37 Å². The Morgan fingerprint density at radius 3 is 2.86 bits per heavy atom. The topological polar surface area (TPSA) is 94.3 Å². The largest absolute Gasteiger partial charge is 0.462 e. The number of nitrogens with one attached hydrogen (secondary N) is 1. The van der Waals surface area contributed by atoms with Gasteiger partial charge in [0, 0.05) is 11.3 Å². The van der Waals surface area contributed by atoms with Crippen LogP contribution in [0.3, 0.4) is 0 Å². The van der Waals surface area contributed by atoms with Crippen LogP contribution in [0.5, 0.6) is 0 Å². The first kappa shape index (κ1) is 15.0. The van der Waals surface area contributed by atoms with Crippen LogP contribution in [-0.2, 0) is 4.74 Å². The Morgan fingerprint density at radius 1 is 1.43 bits per heavy atom. The van der Waals surface area contributed by atoms with Crippen LogP contribution in [0.2, 0.25) is 0 Å². The predicted octanol–water partition coefficient (Wildman–Crippen LogP) is 2.47. The highest BCUT2D eigenvalue weighted by molar-refractivity contribution is 7.10. The molecule has 0 aliphatic heterocycles. The fraction of sp³-hybridized carbons (Fsp3) is 0.214. The number of esters is 1. The van der Waals surface area contributed by atoms with Gasteiger partial charge in [0.1, 0.15) is 10.6 Å². The quantitative estimate of drug-likeness (QED) is 0.828. The summed E-state index contributed by atoms with van der Waals surface area (Å²) in [4.78, 5) is 23.1. The van der Waals surface area contributed by atoms with Crippen molar-refractivity contribution in [3.8, 4) is 0 Å². The molecular formula is C14H15N3O3S. The van der Waals surface area contributed by atoms with Crippen molar-refractivity contribution < 1.29 is 14.3 Å². The Morgan fingerprint density at radius 2 is 2.19 bits per heavy atom. The van der Waals surface area contributed by atoms with Gasteiger partial charge in [-0.05, 0) is 43.6 Å². The van der Waals surface area contributed by atoms with E-state index in [1.54, 1.807) is 38.1 Å². The lowest BCUT2D eigenvalue weighted by molar-refractivity contribution is 0.0527. The molecule has 2 aromatic rings. The normalized spacial score (nSPS) is 10.2. The summed E-state index contributed by atoms with van der Waals surface area (Å²) in [7, 11) is 0. The third-order valence-electron chi connectivity index (χ3n) is 2.75. The van der Waals surface area contributed by atoms with Crippen molar-refractivity contribution in [3.63, 3.8) is 0 Å². The van der Waals surface area contributed by atoms with Crippen molar-refractivity contribution in [1.82, 2.24) is 4.37 Å². The van der Waals surface area contributed by atoms with E-state index in [1.807, 2.05) is 0 Å². The van der Waals surface area contributed by atoms with Crippen molar-refractivity contribution >= 4 is 34.1 Å². The highest BCUT2D eigenvalue weighted by Gasteiger charge is 2.19. The SMILES string of the molecule is CCOC(=O)c1c(C)nsc1Nc1cccc(C(N)=O)c1. The standard InChI is InChI=1S/C14H15N3O3S/c1-3-20-14(19)11-8(2)17-21-13(11)16-10-6-4-5-9(7-10)12(15)18/h4-7,16H,3H2,1-2H3,(H2,15,18). The Labute approximate surface area is 126 Å². The van der Waals surface area contributed by atoms with Gasteiger partial charge in [-0.25, -0.2) is 4.79 Å². The van der Waals surface area contributed by atoms with E-state index in [0.717, 1.165) is 11.5 Å². The third-order valence-corrected chi connectivity index (χ3v) is 3.60. The number of ether oxygens (including phenoxy) is 1. The van der Waals surface area contributed by atoms with Gasteiger partial charge in [0.05, 0.1) is 12.3 Å². The van der Waals surface area contributed by atoms with E-state index >= 15 is 0 Å². The molecule has 3 N–H and O–H groups in total. The Bertz CT molecular complexity index is 682.